The van der Waals surface area contributed by atoms with Gasteiger partial charge >= 0.3 is 5.69 Å². The first-order valence-corrected chi connectivity index (χ1v) is 6.74. The third kappa shape index (κ3) is 3.35. The largest absolute Gasteiger partial charge is 0.331 e. The van der Waals surface area contributed by atoms with Gasteiger partial charge in [0.15, 0.2) is 0 Å². The van der Waals surface area contributed by atoms with E-state index < -0.39 is 0 Å². The summed E-state index contributed by atoms with van der Waals surface area (Å²) in [6.45, 7) is 2.91. The van der Waals surface area contributed by atoms with Crippen molar-refractivity contribution >= 4 is 6.08 Å². The summed E-state index contributed by atoms with van der Waals surface area (Å²) in [5.41, 5.74) is 0.530. The fourth-order valence-corrected chi connectivity index (χ4v) is 1.99. The van der Waals surface area contributed by atoms with Crippen molar-refractivity contribution in [3.05, 3.63) is 75.1 Å². The molecule has 0 aliphatic carbocycles. The molecule has 20 heavy (non-hydrogen) atoms. The van der Waals surface area contributed by atoms with Crippen molar-refractivity contribution in [2.24, 2.45) is 0 Å². The number of hydrogen-bond acceptors (Lipinski definition) is 2. The molecule has 0 N–H and O–H groups in total. The predicted molar refractivity (Wildman–Crippen MR) is 80.7 cm³/mol. The van der Waals surface area contributed by atoms with Crippen LogP contribution in [0.4, 0.5) is 0 Å². The molecular weight excluding hydrogens is 252 g/mol. The van der Waals surface area contributed by atoms with Crippen molar-refractivity contribution in [1.82, 2.24) is 9.13 Å². The van der Waals surface area contributed by atoms with Crippen LogP contribution >= 0.6 is 0 Å². The first-order valence-electron chi connectivity index (χ1n) is 6.74. The summed E-state index contributed by atoms with van der Waals surface area (Å²) < 4.78 is 2.81. The van der Waals surface area contributed by atoms with Crippen LogP contribution in [0.15, 0.2) is 58.3 Å². The summed E-state index contributed by atoms with van der Waals surface area (Å²) in [5.74, 6) is 0. The normalized spacial score (nSPS) is 11.1. The van der Waals surface area contributed by atoms with Gasteiger partial charge in [0.2, 0.25) is 0 Å². The number of rotatable bonds is 5. The highest BCUT2D eigenvalue weighted by molar-refractivity contribution is 5.48. The molecular formula is C16H18N2O2. The monoisotopic (exact) mass is 270 g/mol. The zero-order valence-corrected chi connectivity index (χ0v) is 11.5. The Morgan fingerprint density at radius 2 is 1.85 bits per heavy atom. The topological polar surface area (TPSA) is 44.0 Å². The Bertz CT molecular complexity index is 696. The summed E-state index contributed by atoms with van der Waals surface area (Å²) >= 11 is 0. The molecule has 0 aliphatic heterocycles. The van der Waals surface area contributed by atoms with Gasteiger partial charge in [-0.25, -0.2) is 4.79 Å². The molecule has 2 aromatic rings. The van der Waals surface area contributed by atoms with Gasteiger partial charge in [0, 0.05) is 25.4 Å². The van der Waals surface area contributed by atoms with Crippen molar-refractivity contribution in [3.63, 3.8) is 0 Å². The Morgan fingerprint density at radius 3 is 2.55 bits per heavy atom. The van der Waals surface area contributed by atoms with Crippen molar-refractivity contribution < 1.29 is 0 Å². The molecule has 1 heterocycles. The molecule has 1 aromatic carbocycles. The summed E-state index contributed by atoms with van der Waals surface area (Å²) in [6, 6.07) is 11.2. The number of aromatic nitrogens is 2. The maximum atomic E-state index is 12.1. The van der Waals surface area contributed by atoms with E-state index in [1.165, 1.54) is 10.6 Å². The smallest absolute Gasteiger partial charge is 0.300 e. The van der Waals surface area contributed by atoms with Crippen molar-refractivity contribution in [3.8, 4) is 0 Å². The Kier molecular flexibility index (Phi) is 4.71. The van der Waals surface area contributed by atoms with Crippen LogP contribution in [-0.2, 0) is 13.1 Å². The lowest BCUT2D eigenvalue weighted by atomic mass is 10.2. The standard InChI is InChI=1S/C16H18N2O2/c1-2-11-17-13-10-15(19)18(16(17)20)12-6-9-14-7-4-3-5-8-14/h3-10,13H,2,11-12H2,1H3. The molecule has 4 heteroatoms. The van der Waals surface area contributed by atoms with Gasteiger partial charge in [0.1, 0.15) is 0 Å². The van der Waals surface area contributed by atoms with Gasteiger partial charge in [-0.3, -0.25) is 9.36 Å². The summed E-state index contributed by atoms with van der Waals surface area (Å²) in [4.78, 5) is 23.9. The number of benzene rings is 1. The average molecular weight is 270 g/mol. The first-order chi connectivity index (χ1) is 9.72. The molecule has 2 rings (SSSR count). The van der Waals surface area contributed by atoms with E-state index in [0.717, 1.165) is 12.0 Å². The Hall–Kier alpha value is -2.36. The van der Waals surface area contributed by atoms with Crippen molar-refractivity contribution in [2.45, 2.75) is 26.4 Å². The van der Waals surface area contributed by atoms with Crippen LogP contribution in [0.5, 0.6) is 0 Å². The number of allylic oxidation sites excluding steroid dienone is 1. The third-order valence-corrected chi connectivity index (χ3v) is 3.00. The number of nitrogens with zero attached hydrogens (tertiary/aromatic N) is 2. The van der Waals surface area contributed by atoms with Crippen LogP contribution in [0.25, 0.3) is 6.08 Å². The molecule has 0 fully saturated rings. The maximum Gasteiger partial charge on any atom is 0.331 e. The van der Waals surface area contributed by atoms with Crippen molar-refractivity contribution in [2.75, 3.05) is 0 Å². The average Bonchev–Trinajstić information content (AvgIpc) is 2.47. The Morgan fingerprint density at radius 1 is 1.10 bits per heavy atom. The maximum absolute atomic E-state index is 12.1. The molecule has 0 saturated heterocycles. The molecule has 0 spiro atoms. The highest BCUT2D eigenvalue weighted by Crippen LogP contribution is 2.00. The van der Waals surface area contributed by atoms with Crippen LogP contribution in [-0.4, -0.2) is 9.13 Å². The van der Waals surface area contributed by atoms with E-state index in [9.17, 15) is 9.59 Å². The molecule has 4 nitrogen and oxygen atoms in total. The molecule has 0 amide bonds. The second kappa shape index (κ2) is 6.70. The first kappa shape index (κ1) is 14.1. The Labute approximate surface area is 117 Å². The lowest BCUT2D eigenvalue weighted by molar-refractivity contribution is 0.575. The van der Waals surface area contributed by atoms with E-state index in [4.69, 9.17) is 0 Å². The predicted octanol–water partition coefficient (Wildman–Crippen LogP) is 2.13. The molecule has 104 valence electrons. The van der Waals surface area contributed by atoms with Crippen LogP contribution in [0.2, 0.25) is 0 Å². The fourth-order valence-electron chi connectivity index (χ4n) is 1.99. The van der Waals surface area contributed by atoms with Gasteiger partial charge in [0.05, 0.1) is 0 Å². The van der Waals surface area contributed by atoms with Gasteiger partial charge in [-0.2, -0.15) is 0 Å². The summed E-state index contributed by atoms with van der Waals surface area (Å²) in [7, 11) is 0. The van der Waals surface area contributed by atoms with Gasteiger partial charge in [-0.15, -0.1) is 0 Å². The molecule has 0 unspecified atom stereocenters. The van der Waals surface area contributed by atoms with Crippen molar-refractivity contribution in [1.29, 1.82) is 0 Å². The van der Waals surface area contributed by atoms with Gasteiger partial charge in [-0.1, -0.05) is 49.4 Å². The fraction of sp³-hybridized carbons (Fsp3) is 0.250. The number of aryl methyl sites for hydroxylation is 1. The summed E-state index contributed by atoms with van der Waals surface area (Å²) in [5, 5.41) is 0. The van der Waals surface area contributed by atoms with Crippen LogP contribution < -0.4 is 11.2 Å². The minimum atomic E-state index is -0.264. The quantitative estimate of drug-likeness (QED) is 0.835. The summed E-state index contributed by atoms with van der Waals surface area (Å²) in [6.07, 6.45) is 6.15. The zero-order chi connectivity index (χ0) is 14.4. The highest BCUT2D eigenvalue weighted by atomic mass is 16.2. The minimum Gasteiger partial charge on any atom is -0.300 e. The van der Waals surface area contributed by atoms with Gasteiger partial charge < -0.3 is 4.57 Å². The van der Waals surface area contributed by atoms with Crippen LogP contribution in [0.3, 0.4) is 0 Å². The lowest BCUT2D eigenvalue weighted by Gasteiger charge is -2.06. The molecule has 0 radical (unpaired) electrons. The third-order valence-electron chi connectivity index (χ3n) is 3.00. The SMILES string of the molecule is CCCn1ccc(=O)n(CC=Cc2ccccc2)c1=O. The van der Waals surface area contributed by atoms with Crippen LogP contribution in [0.1, 0.15) is 18.9 Å². The van der Waals surface area contributed by atoms with E-state index in [2.05, 4.69) is 0 Å². The molecule has 1 aromatic heterocycles. The van der Waals surface area contributed by atoms with Gasteiger partial charge in [0.25, 0.3) is 5.56 Å². The van der Waals surface area contributed by atoms with Gasteiger partial charge in [-0.05, 0) is 12.0 Å². The van der Waals surface area contributed by atoms with Crippen LogP contribution in [0, 0.1) is 0 Å². The van der Waals surface area contributed by atoms with E-state index >= 15 is 0 Å². The zero-order valence-electron chi connectivity index (χ0n) is 11.5. The molecule has 0 saturated carbocycles. The second-order valence-electron chi connectivity index (χ2n) is 4.55. The lowest BCUT2D eigenvalue weighted by Crippen LogP contribution is -2.38. The van der Waals surface area contributed by atoms with E-state index in [0.29, 0.717) is 6.54 Å². The molecule has 0 aliphatic rings. The molecule has 0 bridgehead atoms. The molecule has 0 atom stereocenters. The number of hydrogen-bond donors (Lipinski definition) is 0. The Balaban J connectivity index is 2.21. The highest BCUT2D eigenvalue weighted by Gasteiger charge is 2.02. The van der Waals surface area contributed by atoms with E-state index in [1.54, 1.807) is 10.8 Å². The minimum absolute atomic E-state index is 0.253. The van der Waals surface area contributed by atoms with E-state index in [1.807, 2.05) is 49.4 Å². The second-order valence-corrected chi connectivity index (χ2v) is 4.55. The van der Waals surface area contributed by atoms with E-state index in [-0.39, 0.29) is 17.8 Å².